The van der Waals surface area contributed by atoms with Gasteiger partial charge in [0.15, 0.2) is 6.61 Å². The van der Waals surface area contributed by atoms with Crippen LogP contribution in [0, 0.1) is 0 Å². The van der Waals surface area contributed by atoms with Gasteiger partial charge in [-0.25, -0.2) is 4.79 Å². The molecule has 7 heteroatoms. The largest absolute Gasteiger partial charge is 0.494 e. The Morgan fingerprint density at radius 2 is 1.72 bits per heavy atom. The smallest absolute Gasteiger partial charge is 0.341 e. The van der Waals surface area contributed by atoms with Gasteiger partial charge < -0.3 is 19.5 Å². The summed E-state index contributed by atoms with van der Waals surface area (Å²) in [4.78, 5) is 25.2. The van der Waals surface area contributed by atoms with Gasteiger partial charge in [0.25, 0.3) is 5.91 Å². The van der Waals surface area contributed by atoms with Gasteiger partial charge in [-0.1, -0.05) is 31.2 Å². The van der Waals surface area contributed by atoms with Gasteiger partial charge in [-0.05, 0) is 55.7 Å². The Hall–Kier alpha value is -3.32. The third kappa shape index (κ3) is 5.88. The molecule has 0 radical (unpaired) electrons. The van der Waals surface area contributed by atoms with Gasteiger partial charge in [0.1, 0.15) is 22.1 Å². The Labute approximate surface area is 192 Å². The normalized spacial score (nSPS) is 10.5. The fourth-order valence-electron chi connectivity index (χ4n) is 3.13. The van der Waals surface area contributed by atoms with Crippen LogP contribution in [0.3, 0.4) is 0 Å². The molecule has 1 heterocycles. The second-order valence-electron chi connectivity index (χ2n) is 6.87. The first kappa shape index (κ1) is 23.3. The number of hydrogen-bond acceptors (Lipinski definition) is 6. The molecule has 3 aromatic rings. The third-order valence-corrected chi connectivity index (χ3v) is 5.57. The Kier molecular flexibility index (Phi) is 8.27. The topological polar surface area (TPSA) is 73.9 Å². The highest BCUT2D eigenvalue weighted by Gasteiger charge is 2.23. The Morgan fingerprint density at radius 3 is 2.41 bits per heavy atom. The van der Waals surface area contributed by atoms with Crippen LogP contribution in [0.2, 0.25) is 0 Å². The molecular weight excluding hydrogens is 426 g/mol. The van der Waals surface area contributed by atoms with Crippen molar-refractivity contribution in [1.82, 2.24) is 0 Å². The van der Waals surface area contributed by atoms with Crippen molar-refractivity contribution < 1.29 is 23.8 Å². The minimum atomic E-state index is -0.482. The van der Waals surface area contributed by atoms with Gasteiger partial charge in [-0.2, -0.15) is 0 Å². The van der Waals surface area contributed by atoms with Gasteiger partial charge in [0, 0.05) is 10.9 Å². The fraction of sp³-hybridized carbons (Fsp3) is 0.280. The Morgan fingerprint density at radius 1 is 0.938 bits per heavy atom. The Bertz CT molecular complexity index is 1060. The van der Waals surface area contributed by atoms with Crippen molar-refractivity contribution >= 4 is 28.2 Å². The van der Waals surface area contributed by atoms with E-state index in [0.29, 0.717) is 28.5 Å². The molecule has 0 aliphatic rings. The number of hydrogen-bond donors (Lipinski definition) is 1. The third-order valence-electron chi connectivity index (χ3n) is 4.68. The number of anilines is 1. The highest BCUT2D eigenvalue weighted by molar-refractivity contribution is 7.15. The predicted molar refractivity (Wildman–Crippen MR) is 127 cm³/mol. The number of esters is 1. The van der Waals surface area contributed by atoms with Crippen molar-refractivity contribution in [3.63, 3.8) is 0 Å². The molecule has 0 unspecified atom stereocenters. The zero-order chi connectivity index (χ0) is 22.9. The molecular formula is C25H27NO5S. The average Bonchev–Trinajstić information content (AvgIpc) is 3.22. The van der Waals surface area contributed by atoms with Crippen molar-refractivity contribution in [2.75, 3.05) is 25.1 Å². The van der Waals surface area contributed by atoms with E-state index in [2.05, 4.69) is 12.2 Å². The van der Waals surface area contributed by atoms with Crippen LogP contribution in [-0.2, 0) is 16.0 Å². The van der Waals surface area contributed by atoms with Crippen molar-refractivity contribution in [3.8, 4) is 22.6 Å². The number of rotatable bonds is 10. The molecule has 0 saturated heterocycles. The summed E-state index contributed by atoms with van der Waals surface area (Å²) in [5.74, 6) is 0.551. The number of nitrogens with one attached hydrogen (secondary N) is 1. The first-order valence-electron chi connectivity index (χ1n) is 10.6. The first-order valence-corrected chi connectivity index (χ1v) is 11.5. The summed E-state index contributed by atoms with van der Waals surface area (Å²) in [6, 6.07) is 15.1. The van der Waals surface area contributed by atoms with Gasteiger partial charge in [0.05, 0.1) is 13.2 Å². The van der Waals surface area contributed by atoms with Crippen LogP contribution in [0.1, 0.15) is 36.7 Å². The monoisotopic (exact) mass is 453 g/mol. The SMILES string of the molecule is CCOC(=O)c1c(-c2ccc(OCC)cc2)csc1NC(=O)COc1cccc(CC)c1. The highest BCUT2D eigenvalue weighted by atomic mass is 32.1. The van der Waals surface area contributed by atoms with Crippen molar-refractivity contribution in [1.29, 1.82) is 0 Å². The number of aryl methyl sites for hydroxylation is 1. The second kappa shape index (κ2) is 11.3. The average molecular weight is 454 g/mol. The minimum Gasteiger partial charge on any atom is -0.494 e. The standard InChI is InChI=1S/C25H27NO5S/c1-4-17-8-7-9-20(14-17)31-15-22(27)26-24-23(25(28)30-6-3)21(16-32-24)18-10-12-19(13-11-18)29-5-2/h7-14,16H,4-6,15H2,1-3H3,(H,26,27). The van der Waals surface area contributed by atoms with Crippen LogP contribution in [0.25, 0.3) is 11.1 Å². The van der Waals surface area contributed by atoms with E-state index in [-0.39, 0.29) is 19.1 Å². The quantitative estimate of drug-likeness (QED) is 0.406. The van der Waals surface area contributed by atoms with Gasteiger partial charge in [0.2, 0.25) is 0 Å². The maximum atomic E-state index is 12.7. The van der Waals surface area contributed by atoms with E-state index in [1.54, 1.807) is 6.92 Å². The number of carbonyl (C=O) groups is 2. The molecule has 0 aliphatic carbocycles. The lowest BCUT2D eigenvalue weighted by atomic mass is 10.0. The molecule has 0 aliphatic heterocycles. The molecule has 32 heavy (non-hydrogen) atoms. The molecule has 1 amide bonds. The molecule has 0 bridgehead atoms. The second-order valence-corrected chi connectivity index (χ2v) is 7.75. The summed E-state index contributed by atoms with van der Waals surface area (Å²) in [5.41, 5.74) is 3.00. The van der Waals surface area contributed by atoms with E-state index in [4.69, 9.17) is 14.2 Å². The van der Waals surface area contributed by atoms with Crippen LogP contribution >= 0.6 is 11.3 Å². The van der Waals surface area contributed by atoms with Crippen LogP contribution in [0.5, 0.6) is 11.5 Å². The van der Waals surface area contributed by atoms with Gasteiger partial charge >= 0.3 is 5.97 Å². The molecule has 3 rings (SSSR count). The van der Waals surface area contributed by atoms with Crippen molar-refractivity contribution in [2.24, 2.45) is 0 Å². The Balaban J connectivity index is 1.78. The summed E-state index contributed by atoms with van der Waals surface area (Å²) in [5, 5.41) is 5.07. The summed E-state index contributed by atoms with van der Waals surface area (Å²) >= 11 is 1.28. The number of benzene rings is 2. The molecule has 168 valence electrons. The summed E-state index contributed by atoms with van der Waals surface area (Å²) in [6.45, 7) is 6.38. The number of carbonyl (C=O) groups excluding carboxylic acids is 2. The molecule has 2 aromatic carbocycles. The minimum absolute atomic E-state index is 0.161. The summed E-state index contributed by atoms with van der Waals surface area (Å²) in [6.07, 6.45) is 0.885. The van der Waals surface area contributed by atoms with Crippen molar-refractivity contribution in [2.45, 2.75) is 27.2 Å². The molecule has 1 aromatic heterocycles. The predicted octanol–water partition coefficient (Wildman–Crippen LogP) is 5.57. The van der Waals surface area contributed by atoms with Crippen LogP contribution in [-0.4, -0.2) is 31.7 Å². The lowest BCUT2D eigenvalue weighted by molar-refractivity contribution is -0.118. The van der Waals surface area contributed by atoms with E-state index in [1.165, 1.54) is 11.3 Å². The summed E-state index contributed by atoms with van der Waals surface area (Å²) < 4.78 is 16.4. The molecule has 0 spiro atoms. The lowest BCUT2D eigenvalue weighted by Gasteiger charge is -2.10. The number of amides is 1. The maximum absolute atomic E-state index is 12.7. The van der Waals surface area contributed by atoms with E-state index >= 15 is 0 Å². The van der Waals surface area contributed by atoms with Crippen LogP contribution < -0.4 is 14.8 Å². The summed E-state index contributed by atoms with van der Waals surface area (Å²) in [7, 11) is 0. The fourth-order valence-corrected chi connectivity index (χ4v) is 4.11. The number of ether oxygens (including phenoxy) is 3. The van der Waals surface area contributed by atoms with E-state index in [0.717, 1.165) is 23.3 Å². The van der Waals surface area contributed by atoms with Gasteiger partial charge in [-0.15, -0.1) is 11.3 Å². The molecule has 0 saturated carbocycles. The van der Waals surface area contributed by atoms with E-state index in [9.17, 15) is 9.59 Å². The van der Waals surface area contributed by atoms with Crippen LogP contribution in [0.4, 0.5) is 5.00 Å². The van der Waals surface area contributed by atoms with Gasteiger partial charge in [-0.3, -0.25) is 4.79 Å². The van der Waals surface area contributed by atoms with E-state index < -0.39 is 5.97 Å². The first-order chi connectivity index (χ1) is 15.5. The lowest BCUT2D eigenvalue weighted by Crippen LogP contribution is -2.21. The zero-order valence-electron chi connectivity index (χ0n) is 18.5. The van der Waals surface area contributed by atoms with Crippen LogP contribution in [0.15, 0.2) is 53.9 Å². The zero-order valence-corrected chi connectivity index (χ0v) is 19.3. The molecule has 0 atom stereocenters. The highest BCUT2D eigenvalue weighted by Crippen LogP contribution is 2.37. The number of thiophene rings is 1. The molecule has 1 N–H and O–H groups in total. The maximum Gasteiger partial charge on any atom is 0.341 e. The molecule has 6 nitrogen and oxygen atoms in total. The molecule has 0 fully saturated rings. The van der Waals surface area contributed by atoms with E-state index in [1.807, 2.05) is 60.8 Å². The van der Waals surface area contributed by atoms with Crippen molar-refractivity contribution in [3.05, 3.63) is 65.0 Å².